The Morgan fingerprint density at radius 3 is 2.43 bits per heavy atom. The average molecular weight is 289 g/mol. The minimum atomic E-state index is -0.916. The molecule has 5 heteroatoms. The molecule has 2 fully saturated rings. The number of nitrogens with one attached hydrogen (secondary N) is 3. The molecule has 2 aliphatic rings. The van der Waals surface area contributed by atoms with E-state index in [9.17, 15) is 9.90 Å². The third-order valence-corrected chi connectivity index (χ3v) is 4.91. The van der Waals surface area contributed by atoms with E-state index in [0.29, 0.717) is 0 Å². The predicted octanol–water partition coefficient (Wildman–Crippen LogP) is 0.799. The lowest BCUT2D eigenvalue weighted by Gasteiger charge is -2.44. The van der Waals surface area contributed by atoms with Gasteiger partial charge in [-0.25, -0.2) is 0 Å². The summed E-state index contributed by atoms with van der Waals surface area (Å²) in [5.74, 6) is -0.0758. The van der Waals surface area contributed by atoms with Crippen molar-refractivity contribution in [1.82, 2.24) is 16.0 Å². The van der Waals surface area contributed by atoms with Crippen molar-refractivity contribution < 1.29 is 9.90 Å². The highest BCUT2D eigenvalue weighted by atomic mass is 16.3. The fourth-order valence-corrected chi connectivity index (χ4v) is 3.76. The first-order valence-electron chi connectivity index (χ1n) is 7.68. The van der Waals surface area contributed by atoms with Gasteiger partial charge in [0.05, 0.1) is 0 Å². The second-order valence-corrected chi connectivity index (χ2v) is 6.08. The molecule has 1 saturated carbocycles. The Morgan fingerprint density at radius 2 is 1.90 bits per heavy atom. The molecule has 0 aromatic heterocycles. The molecule has 1 spiro atoms. The van der Waals surface area contributed by atoms with Crippen LogP contribution in [0.2, 0.25) is 0 Å². The summed E-state index contributed by atoms with van der Waals surface area (Å²) < 4.78 is 0. The molecule has 1 unspecified atom stereocenters. The molecule has 5 nitrogen and oxygen atoms in total. The number of amides is 1. The molecule has 114 valence electrons. The Hall–Kier alpha value is -1.43. The Morgan fingerprint density at radius 1 is 1.24 bits per heavy atom. The van der Waals surface area contributed by atoms with Gasteiger partial charge in [0.1, 0.15) is 5.54 Å². The molecule has 1 aromatic rings. The number of hydrogen-bond acceptors (Lipinski definition) is 4. The SMILES string of the molecule is CCN[C@]1(c2ccccc2)CC[C@@]2(CC1)NC(O)NC2=O. The van der Waals surface area contributed by atoms with E-state index in [4.69, 9.17) is 0 Å². The topological polar surface area (TPSA) is 73.4 Å². The first-order valence-corrected chi connectivity index (χ1v) is 7.68. The van der Waals surface area contributed by atoms with Crippen LogP contribution in [0, 0.1) is 0 Å². The molecule has 1 heterocycles. The van der Waals surface area contributed by atoms with Gasteiger partial charge in [-0.2, -0.15) is 0 Å². The molecule has 1 aliphatic carbocycles. The van der Waals surface area contributed by atoms with E-state index in [1.165, 1.54) is 5.56 Å². The number of aliphatic hydroxyl groups excluding tert-OH is 1. The van der Waals surface area contributed by atoms with Gasteiger partial charge in [0.15, 0.2) is 6.35 Å². The molecule has 0 bridgehead atoms. The first kappa shape index (κ1) is 14.5. The van der Waals surface area contributed by atoms with Crippen LogP contribution in [0.15, 0.2) is 30.3 Å². The Bertz CT molecular complexity index is 510. The minimum absolute atomic E-state index is 0.0727. The van der Waals surface area contributed by atoms with Crippen molar-refractivity contribution in [1.29, 1.82) is 0 Å². The van der Waals surface area contributed by atoms with Gasteiger partial charge in [-0.3, -0.25) is 10.1 Å². The Labute approximate surface area is 125 Å². The van der Waals surface area contributed by atoms with Crippen LogP contribution in [0.25, 0.3) is 0 Å². The fraction of sp³-hybridized carbons (Fsp3) is 0.562. The number of carbonyl (C=O) groups excluding carboxylic acids is 1. The lowest BCUT2D eigenvalue weighted by molar-refractivity contribution is -0.126. The normalized spacial score (nSPS) is 35.9. The second-order valence-electron chi connectivity index (χ2n) is 6.08. The van der Waals surface area contributed by atoms with Gasteiger partial charge in [0, 0.05) is 5.54 Å². The maximum absolute atomic E-state index is 12.1. The summed E-state index contributed by atoms with van der Waals surface area (Å²) >= 11 is 0. The predicted molar refractivity (Wildman–Crippen MR) is 80.3 cm³/mol. The van der Waals surface area contributed by atoms with E-state index in [0.717, 1.165) is 32.2 Å². The molecule has 1 amide bonds. The van der Waals surface area contributed by atoms with E-state index >= 15 is 0 Å². The summed E-state index contributed by atoms with van der Waals surface area (Å²) in [4.78, 5) is 12.1. The third kappa shape index (κ3) is 2.46. The Balaban J connectivity index is 1.82. The quantitative estimate of drug-likeness (QED) is 0.664. The van der Waals surface area contributed by atoms with Gasteiger partial charge in [0.2, 0.25) is 5.91 Å². The van der Waals surface area contributed by atoms with E-state index < -0.39 is 11.9 Å². The molecule has 21 heavy (non-hydrogen) atoms. The van der Waals surface area contributed by atoms with E-state index in [1.54, 1.807) is 0 Å². The van der Waals surface area contributed by atoms with Gasteiger partial charge in [-0.1, -0.05) is 37.3 Å². The average Bonchev–Trinajstić information content (AvgIpc) is 2.77. The van der Waals surface area contributed by atoms with Crippen molar-refractivity contribution in [3.05, 3.63) is 35.9 Å². The van der Waals surface area contributed by atoms with E-state index in [-0.39, 0.29) is 11.4 Å². The van der Waals surface area contributed by atoms with Crippen LogP contribution in [-0.4, -0.2) is 29.4 Å². The third-order valence-electron chi connectivity index (χ3n) is 4.91. The van der Waals surface area contributed by atoms with Crippen LogP contribution in [0.4, 0.5) is 0 Å². The summed E-state index contributed by atoms with van der Waals surface area (Å²) in [5, 5.41) is 18.8. The van der Waals surface area contributed by atoms with E-state index in [1.807, 2.05) is 6.07 Å². The number of rotatable bonds is 3. The van der Waals surface area contributed by atoms with Crippen LogP contribution in [0.5, 0.6) is 0 Å². The summed E-state index contributed by atoms with van der Waals surface area (Å²) in [6.45, 7) is 3.00. The first-order chi connectivity index (χ1) is 10.1. The lowest BCUT2D eigenvalue weighted by atomic mass is 9.69. The molecule has 1 atom stereocenters. The van der Waals surface area contributed by atoms with Crippen molar-refractivity contribution in [2.24, 2.45) is 0 Å². The molecule has 1 aromatic carbocycles. The highest BCUT2D eigenvalue weighted by molar-refractivity contribution is 5.88. The van der Waals surface area contributed by atoms with Gasteiger partial charge < -0.3 is 15.7 Å². The number of benzene rings is 1. The summed E-state index contributed by atoms with van der Waals surface area (Å²) in [6.07, 6.45) is 2.27. The van der Waals surface area contributed by atoms with Crippen LogP contribution in [0.3, 0.4) is 0 Å². The lowest BCUT2D eigenvalue weighted by Crippen LogP contribution is -2.56. The van der Waals surface area contributed by atoms with Crippen LogP contribution >= 0.6 is 0 Å². The van der Waals surface area contributed by atoms with E-state index in [2.05, 4.69) is 47.1 Å². The zero-order valence-corrected chi connectivity index (χ0v) is 12.4. The molecule has 0 radical (unpaired) electrons. The van der Waals surface area contributed by atoms with Crippen LogP contribution in [0.1, 0.15) is 38.2 Å². The minimum Gasteiger partial charge on any atom is -0.361 e. The monoisotopic (exact) mass is 289 g/mol. The second kappa shape index (κ2) is 5.40. The largest absolute Gasteiger partial charge is 0.361 e. The van der Waals surface area contributed by atoms with Crippen molar-refractivity contribution in [3.8, 4) is 0 Å². The van der Waals surface area contributed by atoms with Gasteiger partial charge in [-0.15, -0.1) is 0 Å². The van der Waals surface area contributed by atoms with Crippen LogP contribution < -0.4 is 16.0 Å². The molecule has 4 N–H and O–H groups in total. The van der Waals surface area contributed by atoms with Gasteiger partial charge >= 0.3 is 0 Å². The highest BCUT2D eigenvalue weighted by Crippen LogP contribution is 2.42. The summed E-state index contributed by atoms with van der Waals surface area (Å²) in [5.41, 5.74) is 0.602. The summed E-state index contributed by atoms with van der Waals surface area (Å²) in [7, 11) is 0. The van der Waals surface area contributed by atoms with Crippen molar-refractivity contribution in [2.45, 2.75) is 50.0 Å². The van der Waals surface area contributed by atoms with Gasteiger partial charge in [-0.05, 0) is 37.8 Å². The number of hydrogen-bond donors (Lipinski definition) is 4. The van der Waals surface area contributed by atoms with Crippen molar-refractivity contribution in [3.63, 3.8) is 0 Å². The zero-order chi connectivity index (χ0) is 14.9. The fourth-order valence-electron chi connectivity index (χ4n) is 3.76. The maximum atomic E-state index is 12.1. The van der Waals surface area contributed by atoms with Crippen molar-refractivity contribution >= 4 is 5.91 Å². The smallest absolute Gasteiger partial charge is 0.243 e. The zero-order valence-electron chi connectivity index (χ0n) is 12.4. The molecular formula is C16H23N3O2. The number of aliphatic hydroxyl groups is 1. The molecule has 3 rings (SSSR count). The summed E-state index contributed by atoms with van der Waals surface area (Å²) in [6, 6.07) is 10.4. The van der Waals surface area contributed by atoms with Crippen molar-refractivity contribution in [2.75, 3.05) is 6.54 Å². The standard InChI is InChI=1S/C16H23N3O2/c1-2-17-15(12-6-4-3-5-7-12)8-10-16(11-9-15)13(20)18-14(21)19-16/h3-7,14,17,19,21H,2,8-11H2,1H3,(H,18,20)/t14?,15-,16+. The number of carbonyl (C=O) groups is 1. The van der Waals surface area contributed by atoms with Gasteiger partial charge in [0.25, 0.3) is 0 Å². The maximum Gasteiger partial charge on any atom is 0.243 e. The van der Waals surface area contributed by atoms with Crippen LogP contribution in [-0.2, 0) is 10.3 Å². The molecular weight excluding hydrogens is 266 g/mol. The molecule has 1 saturated heterocycles. The Kier molecular flexibility index (Phi) is 3.73. The molecule has 1 aliphatic heterocycles. The highest BCUT2D eigenvalue weighted by Gasteiger charge is 2.51.